The van der Waals surface area contributed by atoms with Gasteiger partial charge in [-0.25, -0.2) is 10.3 Å². The third kappa shape index (κ3) is 4.18. The van der Waals surface area contributed by atoms with Gasteiger partial charge >= 0.3 is 6.03 Å². The summed E-state index contributed by atoms with van der Waals surface area (Å²) in [6.45, 7) is 3.63. The number of nitrogens with one attached hydrogen (secondary N) is 2. The molecule has 82 valence electrons. The molecule has 0 aliphatic heterocycles. The average molecular weight is 229 g/mol. The van der Waals surface area contributed by atoms with Gasteiger partial charge in [0.25, 0.3) is 0 Å². The zero-order valence-corrected chi connectivity index (χ0v) is 9.34. The lowest BCUT2D eigenvalue weighted by atomic mass is 10.3. The number of rotatable bonds is 3. The highest BCUT2D eigenvalue weighted by Crippen LogP contribution is 2.19. The first-order valence-corrected chi connectivity index (χ1v) is 4.94. The molecule has 0 atom stereocenters. The van der Waals surface area contributed by atoms with Crippen LogP contribution in [0.15, 0.2) is 24.3 Å². The van der Waals surface area contributed by atoms with Crippen molar-refractivity contribution in [2.24, 2.45) is 0 Å². The maximum atomic E-state index is 11.3. The quantitative estimate of drug-likeness (QED) is 0.782. The van der Waals surface area contributed by atoms with Gasteiger partial charge in [0.1, 0.15) is 0 Å². The first-order valence-electron chi connectivity index (χ1n) is 4.56. The minimum atomic E-state index is -0.447. The van der Waals surface area contributed by atoms with Crippen molar-refractivity contribution >= 4 is 23.3 Å². The van der Waals surface area contributed by atoms with Crippen LogP contribution in [0, 0.1) is 0 Å². The van der Waals surface area contributed by atoms with Crippen LogP contribution in [0.4, 0.5) is 10.5 Å². The standard InChI is InChI=1S/C10H13ClN2O2/c1-7(2)15-13-10(14)12-9-6-4-3-5-8(9)11/h3-7H,1-2H3,(H2,12,13,14). The topological polar surface area (TPSA) is 50.4 Å². The molecule has 0 radical (unpaired) electrons. The van der Waals surface area contributed by atoms with Gasteiger partial charge < -0.3 is 5.32 Å². The molecule has 0 unspecified atom stereocenters. The maximum Gasteiger partial charge on any atom is 0.343 e. The van der Waals surface area contributed by atoms with Crippen LogP contribution in [-0.4, -0.2) is 12.1 Å². The van der Waals surface area contributed by atoms with E-state index in [4.69, 9.17) is 16.4 Å². The zero-order valence-electron chi connectivity index (χ0n) is 8.58. The van der Waals surface area contributed by atoms with E-state index in [2.05, 4.69) is 10.8 Å². The molecule has 1 aromatic rings. The van der Waals surface area contributed by atoms with E-state index in [0.29, 0.717) is 10.7 Å². The van der Waals surface area contributed by atoms with Crippen molar-refractivity contribution in [3.63, 3.8) is 0 Å². The van der Waals surface area contributed by atoms with Crippen molar-refractivity contribution < 1.29 is 9.63 Å². The number of halogens is 1. The lowest BCUT2D eigenvalue weighted by molar-refractivity contribution is 0.0199. The van der Waals surface area contributed by atoms with Gasteiger partial charge in [-0.05, 0) is 26.0 Å². The summed E-state index contributed by atoms with van der Waals surface area (Å²) in [5.41, 5.74) is 2.79. The Morgan fingerprint density at radius 1 is 1.40 bits per heavy atom. The second-order valence-corrected chi connectivity index (χ2v) is 3.61. The summed E-state index contributed by atoms with van der Waals surface area (Å²) in [6, 6.07) is 6.52. The molecule has 0 aromatic heterocycles. The largest absolute Gasteiger partial charge is 0.343 e. The zero-order chi connectivity index (χ0) is 11.3. The van der Waals surface area contributed by atoms with Gasteiger partial charge in [0.05, 0.1) is 16.8 Å². The number of carbonyl (C=O) groups excluding carboxylic acids is 1. The number of hydrogen-bond acceptors (Lipinski definition) is 2. The molecule has 5 heteroatoms. The van der Waals surface area contributed by atoms with Gasteiger partial charge in [0.15, 0.2) is 0 Å². The minimum Gasteiger partial charge on any atom is -0.305 e. The number of hydrogen-bond donors (Lipinski definition) is 2. The normalized spacial score (nSPS) is 10.1. The second-order valence-electron chi connectivity index (χ2n) is 3.20. The summed E-state index contributed by atoms with van der Waals surface area (Å²) in [6.07, 6.45) is -0.0676. The molecule has 0 aliphatic rings. The van der Waals surface area contributed by atoms with Crippen molar-refractivity contribution in [2.75, 3.05) is 5.32 Å². The molecule has 0 saturated heterocycles. The van der Waals surface area contributed by atoms with Crippen LogP contribution in [0.5, 0.6) is 0 Å². The number of anilines is 1. The van der Waals surface area contributed by atoms with E-state index in [1.54, 1.807) is 24.3 Å². The molecule has 1 rings (SSSR count). The third-order valence-electron chi connectivity index (χ3n) is 1.51. The molecule has 0 heterocycles. The van der Waals surface area contributed by atoms with Gasteiger partial charge in [-0.2, -0.15) is 0 Å². The van der Waals surface area contributed by atoms with E-state index in [1.807, 2.05) is 13.8 Å². The van der Waals surface area contributed by atoms with Crippen LogP contribution >= 0.6 is 11.6 Å². The van der Waals surface area contributed by atoms with Crippen LogP contribution in [0.3, 0.4) is 0 Å². The van der Waals surface area contributed by atoms with E-state index >= 15 is 0 Å². The van der Waals surface area contributed by atoms with Crippen LogP contribution in [0.2, 0.25) is 5.02 Å². The van der Waals surface area contributed by atoms with Gasteiger partial charge in [-0.3, -0.25) is 4.84 Å². The lowest BCUT2D eigenvalue weighted by Gasteiger charge is -2.10. The van der Waals surface area contributed by atoms with Crippen molar-refractivity contribution in [1.82, 2.24) is 5.48 Å². The highest BCUT2D eigenvalue weighted by atomic mass is 35.5. The summed E-state index contributed by atoms with van der Waals surface area (Å²) in [4.78, 5) is 16.2. The van der Waals surface area contributed by atoms with Crippen molar-refractivity contribution in [2.45, 2.75) is 20.0 Å². The van der Waals surface area contributed by atoms with Gasteiger partial charge in [0.2, 0.25) is 0 Å². The number of amides is 2. The molecule has 0 saturated carbocycles. The van der Waals surface area contributed by atoms with Crippen molar-refractivity contribution in [3.8, 4) is 0 Å². The fraction of sp³-hybridized carbons (Fsp3) is 0.300. The minimum absolute atomic E-state index is 0.0676. The number of hydroxylamine groups is 1. The van der Waals surface area contributed by atoms with Crippen molar-refractivity contribution in [1.29, 1.82) is 0 Å². The molecular formula is C10H13ClN2O2. The molecule has 0 fully saturated rings. The Morgan fingerprint density at radius 3 is 2.67 bits per heavy atom. The van der Waals surface area contributed by atoms with Gasteiger partial charge in [-0.1, -0.05) is 23.7 Å². The van der Waals surface area contributed by atoms with Crippen LogP contribution < -0.4 is 10.8 Å². The Hall–Kier alpha value is -1.26. The average Bonchev–Trinajstić information content (AvgIpc) is 2.18. The Kier molecular flexibility index (Phi) is 4.39. The summed E-state index contributed by atoms with van der Waals surface area (Å²) >= 11 is 5.85. The Morgan fingerprint density at radius 2 is 2.07 bits per heavy atom. The first kappa shape index (κ1) is 11.8. The first-order chi connectivity index (χ1) is 7.09. The predicted octanol–water partition coefficient (Wildman–Crippen LogP) is 2.80. The molecule has 0 aliphatic carbocycles. The van der Waals surface area contributed by atoms with E-state index in [1.165, 1.54) is 0 Å². The van der Waals surface area contributed by atoms with Crippen LogP contribution in [-0.2, 0) is 4.84 Å². The monoisotopic (exact) mass is 228 g/mol. The number of para-hydroxylation sites is 1. The van der Waals surface area contributed by atoms with E-state index in [-0.39, 0.29) is 6.10 Å². The summed E-state index contributed by atoms with van der Waals surface area (Å²) in [5, 5.41) is 3.04. The fourth-order valence-electron chi connectivity index (χ4n) is 0.882. The Bertz CT molecular complexity index is 342. The maximum absolute atomic E-state index is 11.3. The molecule has 1 aromatic carbocycles. The molecular weight excluding hydrogens is 216 g/mol. The van der Waals surface area contributed by atoms with Gasteiger partial charge in [0, 0.05) is 0 Å². The SMILES string of the molecule is CC(C)ONC(=O)Nc1ccccc1Cl. The number of urea groups is 1. The summed E-state index contributed by atoms with van der Waals surface area (Å²) < 4.78 is 0. The van der Waals surface area contributed by atoms with Crippen LogP contribution in [0.25, 0.3) is 0 Å². The fourth-order valence-corrected chi connectivity index (χ4v) is 1.06. The molecule has 0 spiro atoms. The van der Waals surface area contributed by atoms with E-state index in [0.717, 1.165) is 0 Å². The highest BCUT2D eigenvalue weighted by Gasteiger charge is 2.04. The molecule has 4 nitrogen and oxygen atoms in total. The second kappa shape index (κ2) is 5.58. The van der Waals surface area contributed by atoms with E-state index < -0.39 is 6.03 Å². The number of carbonyl (C=O) groups is 1. The molecule has 2 amide bonds. The third-order valence-corrected chi connectivity index (χ3v) is 1.84. The van der Waals surface area contributed by atoms with Crippen LogP contribution in [0.1, 0.15) is 13.8 Å². The molecule has 15 heavy (non-hydrogen) atoms. The Labute approximate surface area is 93.5 Å². The molecule has 0 bridgehead atoms. The Balaban J connectivity index is 2.48. The smallest absolute Gasteiger partial charge is 0.305 e. The summed E-state index contributed by atoms with van der Waals surface area (Å²) in [7, 11) is 0. The molecule has 2 N–H and O–H groups in total. The highest BCUT2D eigenvalue weighted by molar-refractivity contribution is 6.33. The van der Waals surface area contributed by atoms with Gasteiger partial charge in [-0.15, -0.1) is 0 Å². The number of benzene rings is 1. The summed E-state index contributed by atoms with van der Waals surface area (Å²) in [5.74, 6) is 0. The van der Waals surface area contributed by atoms with E-state index in [9.17, 15) is 4.79 Å². The van der Waals surface area contributed by atoms with Crippen molar-refractivity contribution in [3.05, 3.63) is 29.3 Å². The predicted molar refractivity (Wildman–Crippen MR) is 59.8 cm³/mol. The lowest BCUT2D eigenvalue weighted by Crippen LogP contribution is -2.31.